The monoisotopic (exact) mass is 302 g/mol. The highest BCUT2D eigenvalue weighted by Gasteiger charge is 2.42. The molecule has 1 aromatic heterocycles. The van der Waals surface area contributed by atoms with Crippen molar-refractivity contribution in [2.75, 3.05) is 0 Å². The first-order chi connectivity index (χ1) is 10.6. The molecule has 2 fully saturated rings. The van der Waals surface area contributed by atoms with Gasteiger partial charge in [0, 0.05) is 30.3 Å². The van der Waals surface area contributed by atoms with Crippen LogP contribution in [0.15, 0.2) is 22.7 Å². The van der Waals surface area contributed by atoms with Crippen molar-refractivity contribution >= 4 is 22.7 Å². The van der Waals surface area contributed by atoms with E-state index < -0.39 is 0 Å². The van der Waals surface area contributed by atoms with Crippen molar-refractivity contribution < 1.29 is 18.5 Å². The fourth-order valence-electron chi connectivity index (χ4n) is 3.70. The lowest BCUT2D eigenvalue weighted by molar-refractivity contribution is -0.138. The molecule has 2 unspecified atom stereocenters. The molecule has 0 aliphatic carbocycles. The average molecular weight is 302 g/mol. The van der Waals surface area contributed by atoms with Crippen LogP contribution in [0.2, 0.25) is 0 Å². The third kappa shape index (κ3) is 2.10. The first-order valence-electron chi connectivity index (χ1n) is 7.48. The van der Waals surface area contributed by atoms with Gasteiger partial charge >= 0.3 is 0 Å². The van der Waals surface area contributed by atoms with Crippen molar-refractivity contribution in [1.82, 2.24) is 10.1 Å². The van der Waals surface area contributed by atoms with Crippen molar-refractivity contribution in [2.45, 2.75) is 44.2 Å². The molecule has 2 aliphatic rings. The summed E-state index contributed by atoms with van der Waals surface area (Å²) in [4.78, 5) is 26.0. The highest BCUT2D eigenvalue weighted by Crippen LogP contribution is 2.34. The number of nitrogens with zero attached hydrogens (tertiary/aromatic N) is 2. The van der Waals surface area contributed by atoms with Crippen molar-refractivity contribution in [3.8, 4) is 0 Å². The zero-order valence-corrected chi connectivity index (χ0v) is 11.9. The number of piperidine rings is 1. The van der Waals surface area contributed by atoms with Crippen LogP contribution in [-0.2, 0) is 16.0 Å². The second-order valence-electron chi connectivity index (χ2n) is 6.08. The summed E-state index contributed by atoms with van der Waals surface area (Å²) in [6.45, 7) is 0. The van der Waals surface area contributed by atoms with Gasteiger partial charge in [-0.05, 0) is 31.0 Å². The van der Waals surface area contributed by atoms with Crippen LogP contribution in [0, 0.1) is 5.82 Å². The molecule has 22 heavy (non-hydrogen) atoms. The number of carbonyl (C=O) groups excluding carboxylic acids is 2. The first kappa shape index (κ1) is 13.4. The summed E-state index contributed by atoms with van der Waals surface area (Å²) in [5.41, 5.74) is 0.928. The number of aromatic nitrogens is 1. The Morgan fingerprint density at radius 3 is 2.77 bits per heavy atom. The number of ketones is 1. The predicted molar refractivity (Wildman–Crippen MR) is 75.6 cm³/mol. The number of hydrogen-bond donors (Lipinski definition) is 0. The quantitative estimate of drug-likeness (QED) is 0.853. The molecule has 2 bridgehead atoms. The number of halogens is 1. The summed E-state index contributed by atoms with van der Waals surface area (Å²) < 4.78 is 18.5. The molecular weight excluding hydrogens is 287 g/mol. The number of Topliss-reactive ketones (excluding diaryl/α,β-unsaturated/α-hetero) is 1. The molecule has 3 heterocycles. The summed E-state index contributed by atoms with van der Waals surface area (Å²) in [6.07, 6.45) is 2.76. The maximum Gasteiger partial charge on any atom is 0.229 e. The zero-order valence-electron chi connectivity index (χ0n) is 11.9. The van der Waals surface area contributed by atoms with E-state index >= 15 is 0 Å². The minimum Gasteiger partial charge on any atom is -0.356 e. The molecule has 2 aliphatic heterocycles. The van der Waals surface area contributed by atoms with Crippen molar-refractivity contribution in [2.24, 2.45) is 0 Å². The van der Waals surface area contributed by atoms with Crippen molar-refractivity contribution in [1.29, 1.82) is 0 Å². The van der Waals surface area contributed by atoms with Crippen LogP contribution in [0.25, 0.3) is 11.0 Å². The summed E-state index contributed by atoms with van der Waals surface area (Å²) >= 11 is 0. The molecular formula is C16H15FN2O3. The number of carbonyl (C=O) groups is 2. The van der Waals surface area contributed by atoms with Crippen LogP contribution in [0.4, 0.5) is 4.39 Å². The van der Waals surface area contributed by atoms with Gasteiger partial charge in [0.1, 0.15) is 17.3 Å². The van der Waals surface area contributed by atoms with Crippen molar-refractivity contribution in [3.05, 3.63) is 29.7 Å². The maximum absolute atomic E-state index is 13.4. The third-order valence-corrected chi connectivity index (χ3v) is 4.66. The number of benzene rings is 1. The molecule has 2 saturated heterocycles. The molecule has 2 aromatic rings. The lowest BCUT2D eigenvalue weighted by atomic mass is 10.0. The molecule has 2 atom stereocenters. The lowest BCUT2D eigenvalue weighted by Gasteiger charge is -2.34. The van der Waals surface area contributed by atoms with Gasteiger partial charge in [-0.1, -0.05) is 5.16 Å². The Kier molecular flexibility index (Phi) is 2.99. The van der Waals surface area contributed by atoms with Gasteiger partial charge in [-0.15, -0.1) is 0 Å². The number of hydrogen-bond acceptors (Lipinski definition) is 4. The standard InChI is InChI=1S/C16H15FN2O3/c17-9-1-4-15-13(5-9)14(18-22-15)8-16(21)19-10-2-3-11(19)7-12(20)6-10/h1,4-5,10-11H,2-3,6-8H2. The first-order valence-corrected chi connectivity index (χ1v) is 7.48. The van der Waals surface area contributed by atoms with E-state index in [4.69, 9.17) is 4.52 Å². The van der Waals surface area contributed by atoms with E-state index in [1.54, 1.807) is 0 Å². The highest BCUT2D eigenvalue weighted by molar-refractivity contribution is 5.89. The average Bonchev–Trinajstić information content (AvgIpc) is 2.98. The van der Waals surface area contributed by atoms with Gasteiger partial charge < -0.3 is 9.42 Å². The van der Waals surface area contributed by atoms with E-state index in [-0.39, 0.29) is 36.0 Å². The summed E-state index contributed by atoms with van der Waals surface area (Å²) in [7, 11) is 0. The Balaban J connectivity index is 1.59. The topological polar surface area (TPSA) is 63.4 Å². The zero-order chi connectivity index (χ0) is 15.3. The van der Waals surface area contributed by atoms with Gasteiger partial charge in [0.05, 0.1) is 6.42 Å². The van der Waals surface area contributed by atoms with Gasteiger partial charge in [0.25, 0.3) is 0 Å². The fraction of sp³-hybridized carbons (Fsp3) is 0.438. The van der Waals surface area contributed by atoms with E-state index in [1.165, 1.54) is 18.2 Å². The predicted octanol–water partition coefficient (Wildman–Crippen LogP) is 2.23. The Bertz CT molecular complexity index is 754. The highest BCUT2D eigenvalue weighted by atomic mass is 19.1. The van der Waals surface area contributed by atoms with E-state index in [2.05, 4.69) is 5.16 Å². The van der Waals surface area contributed by atoms with Crippen LogP contribution >= 0.6 is 0 Å². The van der Waals surface area contributed by atoms with E-state index in [0.717, 1.165) is 12.8 Å². The Morgan fingerprint density at radius 2 is 2.05 bits per heavy atom. The van der Waals surface area contributed by atoms with Gasteiger partial charge in [0.15, 0.2) is 5.58 Å². The molecule has 0 radical (unpaired) electrons. The molecule has 5 nitrogen and oxygen atoms in total. The van der Waals surface area contributed by atoms with Gasteiger partial charge in [-0.25, -0.2) is 4.39 Å². The smallest absolute Gasteiger partial charge is 0.229 e. The summed E-state index contributed by atoms with van der Waals surface area (Å²) in [5, 5.41) is 4.44. The van der Waals surface area contributed by atoms with Crippen LogP contribution in [0.1, 0.15) is 31.4 Å². The van der Waals surface area contributed by atoms with Crippen LogP contribution in [0.5, 0.6) is 0 Å². The molecule has 0 N–H and O–H groups in total. The Morgan fingerprint density at radius 1 is 1.32 bits per heavy atom. The Hall–Kier alpha value is -2.24. The lowest BCUT2D eigenvalue weighted by Crippen LogP contribution is -2.47. The molecule has 0 spiro atoms. The number of rotatable bonds is 2. The van der Waals surface area contributed by atoms with E-state index in [0.29, 0.717) is 29.5 Å². The fourth-order valence-corrected chi connectivity index (χ4v) is 3.70. The third-order valence-electron chi connectivity index (χ3n) is 4.66. The normalized spacial score (nSPS) is 24.2. The molecule has 1 amide bonds. The summed E-state index contributed by atoms with van der Waals surface area (Å²) in [5.74, 6) is -0.196. The van der Waals surface area contributed by atoms with Gasteiger partial charge in [-0.3, -0.25) is 9.59 Å². The molecule has 6 heteroatoms. The molecule has 0 saturated carbocycles. The van der Waals surface area contributed by atoms with E-state index in [9.17, 15) is 14.0 Å². The maximum atomic E-state index is 13.4. The van der Waals surface area contributed by atoms with Crippen LogP contribution < -0.4 is 0 Å². The van der Waals surface area contributed by atoms with E-state index in [1.807, 2.05) is 4.90 Å². The van der Waals surface area contributed by atoms with Crippen LogP contribution in [-0.4, -0.2) is 33.8 Å². The van der Waals surface area contributed by atoms with Gasteiger partial charge in [0.2, 0.25) is 5.91 Å². The number of fused-ring (bicyclic) bond motifs is 3. The molecule has 1 aromatic carbocycles. The minimum atomic E-state index is -0.381. The minimum absolute atomic E-state index is 0.0219. The number of amides is 1. The van der Waals surface area contributed by atoms with Crippen LogP contribution in [0.3, 0.4) is 0 Å². The van der Waals surface area contributed by atoms with Crippen molar-refractivity contribution in [3.63, 3.8) is 0 Å². The molecule has 114 valence electrons. The largest absolute Gasteiger partial charge is 0.356 e. The second kappa shape index (κ2) is 4.90. The van der Waals surface area contributed by atoms with Gasteiger partial charge in [-0.2, -0.15) is 0 Å². The SMILES string of the molecule is O=C1CC2CCC(C1)N2C(=O)Cc1noc2ccc(F)cc12. The second-order valence-corrected chi connectivity index (χ2v) is 6.08. The Labute approximate surface area is 126 Å². The molecule has 4 rings (SSSR count). The summed E-state index contributed by atoms with van der Waals surface area (Å²) in [6, 6.07) is 4.19.